The molecule has 17 heavy (non-hydrogen) atoms. The van der Waals surface area contributed by atoms with Crippen LogP contribution in [0.3, 0.4) is 0 Å². The third-order valence-electron chi connectivity index (χ3n) is 3.12. The van der Waals surface area contributed by atoms with E-state index in [0.717, 1.165) is 42.0 Å². The minimum absolute atomic E-state index is 0.240. The summed E-state index contributed by atoms with van der Waals surface area (Å²) in [5.41, 5.74) is 6.89. The third kappa shape index (κ3) is 1.91. The minimum Gasteiger partial charge on any atom is -0.352 e. The van der Waals surface area contributed by atoms with E-state index in [1.165, 1.54) is 0 Å². The van der Waals surface area contributed by atoms with Crippen LogP contribution < -0.4 is 10.6 Å². The van der Waals surface area contributed by atoms with Gasteiger partial charge in [-0.3, -0.25) is 4.40 Å². The summed E-state index contributed by atoms with van der Waals surface area (Å²) in [6.45, 7) is 1.86. The molecule has 2 aromatic rings. The highest BCUT2D eigenvalue weighted by Gasteiger charge is 2.20. The lowest BCUT2D eigenvalue weighted by atomic mass is 10.1. The molecule has 1 atom stereocenters. The molecule has 0 amide bonds. The lowest BCUT2D eigenvalue weighted by molar-refractivity contribution is 0.503. The zero-order valence-corrected chi connectivity index (χ0v) is 11.0. The van der Waals surface area contributed by atoms with Crippen molar-refractivity contribution in [1.29, 1.82) is 0 Å². The van der Waals surface area contributed by atoms with Crippen molar-refractivity contribution in [3.63, 3.8) is 0 Å². The van der Waals surface area contributed by atoms with E-state index in [2.05, 4.69) is 30.8 Å². The van der Waals surface area contributed by atoms with Crippen molar-refractivity contribution in [2.75, 3.05) is 18.0 Å². The molecule has 1 unspecified atom stereocenters. The highest BCUT2D eigenvalue weighted by atomic mass is 79.9. The predicted octanol–water partition coefficient (Wildman–Crippen LogP) is 1.42. The number of hydrogen-bond donors (Lipinski definition) is 1. The van der Waals surface area contributed by atoms with Gasteiger partial charge in [0.05, 0.1) is 6.20 Å². The fourth-order valence-electron chi connectivity index (χ4n) is 2.30. The van der Waals surface area contributed by atoms with Crippen LogP contribution >= 0.6 is 15.9 Å². The highest BCUT2D eigenvalue weighted by molar-refractivity contribution is 9.10. The summed E-state index contributed by atoms with van der Waals surface area (Å²) >= 11 is 3.47. The van der Waals surface area contributed by atoms with Crippen LogP contribution in [-0.2, 0) is 0 Å². The number of nitrogens with zero attached hydrogens (tertiary/aromatic N) is 4. The van der Waals surface area contributed by atoms with Gasteiger partial charge in [0.25, 0.3) is 0 Å². The monoisotopic (exact) mass is 295 g/mol. The van der Waals surface area contributed by atoms with Gasteiger partial charge in [-0.2, -0.15) is 0 Å². The van der Waals surface area contributed by atoms with Gasteiger partial charge in [-0.15, -0.1) is 0 Å². The number of piperidine rings is 1. The zero-order valence-electron chi connectivity index (χ0n) is 9.38. The standard InChI is InChI=1S/C11H14BrN5/c12-9-6-15-11-10(14-3-5-17(9)11)16-4-1-2-8(13)7-16/h3,5-6,8H,1-2,4,7,13H2. The number of hydrogen-bond acceptors (Lipinski definition) is 4. The van der Waals surface area contributed by atoms with Gasteiger partial charge in [-0.25, -0.2) is 9.97 Å². The van der Waals surface area contributed by atoms with Crippen molar-refractivity contribution in [2.24, 2.45) is 5.73 Å². The smallest absolute Gasteiger partial charge is 0.181 e. The zero-order chi connectivity index (χ0) is 11.8. The van der Waals surface area contributed by atoms with E-state index in [-0.39, 0.29) is 6.04 Å². The SMILES string of the molecule is NC1CCCN(c2nccn3c(Br)cnc23)C1. The first kappa shape index (κ1) is 11.0. The molecule has 1 aliphatic heterocycles. The van der Waals surface area contributed by atoms with Crippen LogP contribution in [0.2, 0.25) is 0 Å². The Hall–Kier alpha value is -1.14. The Morgan fingerprint density at radius 2 is 2.29 bits per heavy atom. The van der Waals surface area contributed by atoms with E-state index in [9.17, 15) is 0 Å². The predicted molar refractivity (Wildman–Crippen MR) is 70.1 cm³/mol. The van der Waals surface area contributed by atoms with Gasteiger partial charge in [-0.1, -0.05) is 0 Å². The Balaban J connectivity index is 2.04. The number of anilines is 1. The molecule has 0 aromatic carbocycles. The summed E-state index contributed by atoms with van der Waals surface area (Å²) in [7, 11) is 0. The topological polar surface area (TPSA) is 59.5 Å². The average molecular weight is 296 g/mol. The summed E-state index contributed by atoms with van der Waals surface area (Å²) < 4.78 is 2.93. The van der Waals surface area contributed by atoms with Gasteiger partial charge in [-0.05, 0) is 28.8 Å². The molecule has 1 fully saturated rings. The molecule has 1 saturated heterocycles. The molecule has 5 nitrogen and oxygen atoms in total. The Labute approximate surface area is 108 Å². The van der Waals surface area contributed by atoms with Crippen LogP contribution in [0.15, 0.2) is 23.2 Å². The molecule has 0 saturated carbocycles. The molecule has 90 valence electrons. The Kier molecular flexibility index (Phi) is 2.76. The first-order valence-electron chi connectivity index (χ1n) is 5.74. The van der Waals surface area contributed by atoms with E-state index in [1.54, 1.807) is 12.4 Å². The van der Waals surface area contributed by atoms with Gasteiger partial charge in [0.1, 0.15) is 4.60 Å². The third-order valence-corrected chi connectivity index (χ3v) is 3.71. The van der Waals surface area contributed by atoms with Crippen molar-refractivity contribution in [3.05, 3.63) is 23.2 Å². The van der Waals surface area contributed by atoms with Gasteiger partial charge >= 0.3 is 0 Å². The van der Waals surface area contributed by atoms with Crippen LogP contribution in [0.5, 0.6) is 0 Å². The highest BCUT2D eigenvalue weighted by Crippen LogP contribution is 2.23. The van der Waals surface area contributed by atoms with Crippen molar-refractivity contribution in [2.45, 2.75) is 18.9 Å². The maximum atomic E-state index is 6.01. The Bertz CT molecular complexity index is 538. The van der Waals surface area contributed by atoms with Crippen LogP contribution in [0.25, 0.3) is 5.65 Å². The second kappa shape index (κ2) is 4.27. The number of halogens is 1. The lowest BCUT2D eigenvalue weighted by Crippen LogP contribution is -2.43. The molecule has 0 spiro atoms. The van der Waals surface area contributed by atoms with E-state index < -0.39 is 0 Å². The summed E-state index contributed by atoms with van der Waals surface area (Å²) in [4.78, 5) is 11.1. The molecule has 3 heterocycles. The Morgan fingerprint density at radius 1 is 1.41 bits per heavy atom. The van der Waals surface area contributed by atoms with Crippen molar-refractivity contribution in [3.8, 4) is 0 Å². The maximum absolute atomic E-state index is 6.01. The largest absolute Gasteiger partial charge is 0.352 e. The van der Waals surface area contributed by atoms with Crippen LogP contribution in [0, 0.1) is 0 Å². The number of rotatable bonds is 1. The maximum Gasteiger partial charge on any atom is 0.181 e. The molecule has 0 bridgehead atoms. The first-order valence-corrected chi connectivity index (χ1v) is 6.53. The first-order chi connectivity index (χ1) is 8.25. The van der Waals surface area contributed by atoms with Crippen molar-refractivity contribution >= 4 is 27.4 Å². The molecule has 2 aromatic heterocycles. The molecule has 3 rings (SSSR count). The summed E-state index contributed by atoms with van der Waals surface area (Å²) in [5.74, 6) is 0.924. The summed E-state index contributed by atoms with van der Waals surface area (Å²) in [6, 6.07) is 0.240. The molecule has 2 N–H and O–H groups in total. The number of nitrogens with two attached hydrogens (primary N) is 1. The molecule has 1 aliphatic rings. The fourth-order valence-corrected chi connectivity index (χ4v) is 2.69. The second-order valence-electron chi connectivity index (χ2n) is 4.37. The van der Waals surface area contributed by atoms with Crippen molar-refractivity contribution in [1.82, 2.24) is 14.4 Å². The number of aromatic nitrogens is 3. The number of imidazole rings is 1. The van der Waals surface area contributed by atoms with E-state index in [4.69, 9.17) is 5.73 Å². The average Bonchev–Trinajstić information content (AvgIpc) is 2.71. The Morgan fingerprint density at radius 3 is 3.12 bits per heavy atom. The minimum atomic E-state index is 0.240. The van der Waals surface area contributed by atoms with Gasteiger partial charge in [0.15, 0.2) is 11.5 Å². The normalized spacial score (nSPS) is 21.1. The summed E-state index contributed by atoms with van der Waals surface area (Å²) in [5, 5.41) is 0. The second-order valence-corrected chi connectivity index (χ2v) is 5.19. The lowest BCUT2D eigenvalue weighted by Gasteiger charge is -2.31. The van der Waals surface area contributed by atoms with E-state index in [0.29, 0.717) is 0 Å². The number of fused-ring (bicyclic) bond motifs is 1. The van der Waals surface area contributed by atoms with E-state index in [1.807, 2.05) is 10.6 Å². The summed E-state index contributed by atoms with van der Waals surface area (Å²) in [6.07, 6.45) is 7.71. The quantitative estimate of drug-likeness (QED) is 0.864. The van der Waals surface area contributed by atoms with Gasteiger partial charge in [0, 0.05) is 31.5 Å². The molecule has 0 aliphatic carbocycles. The van der Waals surface area contributed by atoms with Gasteiger partial charge < -0.3 is 10.6 Å². The molecule has 0 radical (unpaired) electrons. The van der Waals surface area contributed by atoms with E-state index >= 15 is 0 Å². The molecular formula is C11H14BrN5. The fraction of sp³-hybridized carbons (Fsp3) is 0.455. The van der Waals surface area contributed by atoms with Crippen LogP contribution in [0.4, 0.5) is 5.82 Å². The van der Waals surface area contributed by atoms with Crippen LogP contribution in [0.1, 0.15) is 12.8 Å². The molecule has 6 heteroatoms. The molecular weight excluding hydrogens is 282 g/mol. The van der Waals surface area contributed by atoms with Crippen LogP contribution in [-0.4, -0.2) is 33.5 Å². The van der Waals surface area contributed by atoms with Crippen molar-refractivity contribution < 1.29 is 0 Å². The van der Waals surface area contributed by atoms with Gasteiger partial charge in [0.2, 0.25) is 0 Å².